The molecular formula is C24H52N4. The molecule has 28 heavy (non-hydrogen) atoms. The van der Waals surface area contributed by atoms with Crippen LogP contribution >= 0.6 is 0 Å². The summed E-state index contributed by atoms with van der Waals surface area (Å²) in [4.78, 5) is 0. The van der Waals surface area contributed by atoms with Crippen molar-refractivity contribution >= 4 is 0 Å². The van der Waals surface area contributed by atoms with E-state index in [4.69, 9.17) is 0 Å². The van der Waals surface area contributed by atoms with Gasteiger partial charge in [-0.1, -0.05) is 55.4 Å². The van der Waals surface area contributed by atoms with E-state index in [1.807, 2.05) is 0 Å². The Morgan fingerprint density at radius 1 is 0.429 bits per heavy atom. The van der Waals surface area contributed by atoms with Crippen LogP contribution in [0.2, 0.25) is 0 Å². The fourth-order valence-corrected chi connectivity index (χ4v) is 4.47. The van der Waals surface area contributed by atoms with Crippen LogP contribution in [0.5, 0.6) is 0 Å². The van der Waals surface area contributed by atoms with Crippen molar-refractivity contribution in [3.05, 3.63) is 0 Å². The number of hydrogen-bond acceptors (Lipinski definition) is 4. The smallest absolute Gasteiger partial charge is 0.0195 e. The van der Waals surface area contributed by atoms with Crippen molar-refractivity contribution < 1.29 is 0 Å². The van der Waals surface area contributed by atoms with Gasteiger partial charge in [0.25, 0.3) is 0 Å². The Bertz CT molecular complexity index is 293. The maximum Gasteiger partial charge on any atom is 0.0195 e. The summed E-state index contributed by atoms with van der Waals surface area (Å²) >= 11 is 0. The third-order valence-electron chi connectivity index (χ3n) is 5.64. The van der Waals surface area contributed by atoms with Crippen molar-refractivity contribution in [2.75, 3.05) is 26.2 Å². The highest BCUT2D eigenvalue weighted by Crippen LogP contribution is 2.11. The molecule has 0 amide bonds. The third kappa shape index (κ3) is 12.4. The summed E-state index contributed by atoms with van der Waals surface area (Å²) in [6, 6.07) is 2.21. The zero-order valence-electron chi connectivity index (χ0n) is 20.3. The third-order valence-corrected chi connectivity index (χ3v) is 5.64. The van der Waals surface area contributed by atoms with Gasteiger partial charge >= 0.3 is 0 Å². The second-order valence-corrected chi connectivity index (χ2v) is 10.9. The first-order valence-corrected chi connectivity index (χ1v) is 12.1. The molecule has 0 aromatic rings. The van der Waals surface area contributed by atoms with Crippen molar-refractivity contribution in [1.82, 2.24) is 21.3 Å². The van der Waals surface area contributed by atoms with Gasteiger partial charge < -0.3 is 21.3 Å². The molecule has 1 heterocycles. The highest BCUT2D eigenvalue weighted by atomic mass is 15.1. The van der Waals surface area contributed by atoms with Crippen molar-refractivity contribution in [1.29, 1.82) is 0 Å². The molecule has 0 aromatic carbocycles. The lowest BCUT2D eigenvalue weighted by Gasteiger charge is -2.33. The lowest BCUT2D eigenvalue weighted by molar-refractivity contribution is 0.287. The van der Waals surface area contributed by atoms with Gasteiger partial charge in [-0.2, -0.15) is 0 Å². The monoisotopic (exact) mass is 396 g/mol. The molecule has 4 nitrogen and oxygen atoms in total. The second kappa shape index (κ2) is 14.0. The van der Waals surface area contributed by atoms with Gasteiger partial charge in [0.15, 0.2) is 0 Å². The van der Waals surface area contributed by atoms with Crippen LogP contribution in [0.15, 0.2) is 0 Å². The van der Waals surface area contributed by atoms with Crippen molar-refractivity contribution in [2.45, 2.75) is 105 Å². The minimum atomic E-state index is 0.553. The summed E-state index contributed by atoms with van der Waals surface area (Å²) in [5, 5.41) is 15.6. The molecule has 1 saturated heterocycles. The van der Waals surface area contributed by atoms with E-state index in [2.05, 4.69) is 76.7 Å². The normalized spacial score (nSPS) is 28.7. The van der Waals surface area contributed by atoms with Gasteiger partial charge in [-0.25, -0.2) is 0 Å². The Morgan fingerprint density at radius 3 is 0.750 bits per heavy atom. The van der Waals surface area contributed by atoms with E-state index in [1.54, 1.807) is 0 Å². The van der Waals surface area contributed by atoms with E-state index < -0.39 is 0 Å². The SMILES string of the molecule is CC(C)C[C@@H]1CN[C@H](CC(C)C)CN[C@H](CC(C)C)CN[C@H](CC(C)C)CN1. The first-order chi connectivity index (χ1) is 13.2. The minimum absolute atomic E-state index is 0.553. The number of rotatable bonds is 8. The largest absolute Gasteiger partial charge is 0.311 e. The van der Waals surface area contributed by atoms with Crippen LogP contribution in [0.25, 0.3) is 0 Å². The van der Waals surface area contributed by atoms with Crippen LogP contribution in [-0.2, 0) is 0 Å². The van der Waals surface area contributed by atoms with E-state index in [0.717, 1.165) is 49.9 Å². The van der Waals surface area contributed by atoms with Crippen molar-refractivity contribution in [2.24, 2.45) is 23.7 Å². The van der Waals surface area contributed by atoms with E-state index >= 15 is 0 Å². The van der Waals surface area contributed by atoms with E-state index in [-0.39, 0.29) is 0 Å². The van der Waals surface area contributed by atoms with Crippen LogP contribution in [0.4, 0.5) is 0 Å². The van der Waals surface area contributed by atoms with Gasteiger partial charge in [0.2, 0.25) is 0 Å². The maximum atomic E-state index is 3.91. The molecule has 1 rings (SSSR count). The fourth-order valence-electron chi connectivity index (χ4n) is 4.47. The summed E-state index contributed by atoms with van der Waals surface area (Å²) in [5.74, 6) is 2.89. The summed E-state index contributed by atoms with van der Waals surface area (Å²) in [6.45, 7) is 23.0. The van der Waals surface area contributed by atoms with Gasteiger partial charge in [-0.05, 0) is 49.4 Å². The van der Waals surface area contributed by atoms with Crippen LogP contribution in [-0.4, -0.2) is 50.3 Å². The van der Waals surface area contributed by atoms with Crippen LogP contribution in [0.3, 0.4) is 0 Å². The zero-order chi connectivity index (χ0) is 21.1. The van der Waals surface area contributed by atoms with Gasteiger partial charge in [-0.15, -0.1) is 0 Å². The fraction of sp³-hybridized carbons (Fsp3) is 1.00. The zero-order valence-corrected chi connectivity index (χ0v) is 20.3. The van der Waals surface area contributed by atoms with Gasteiger partial charge in [-0.3, -0.25) is 0 Å². The molecule has 1 aliphatic heterocycles. The highest BCUT2D eigenvalue weighted by Gasteiger charge is 2.21. The van der Waals surface area contributed by atoms with E-state index in [9.17, 15) is 0 Å². The molecular weight excluding hydrogens is 344 g/mol. The van der Waals surface area contributed by atoms with Gasteiger partial charge in [0.1, 0.15) is 0 Å². The summed E-state index contributed by atoms with van der Waals surface area (Å²) in [7, 11) is 0. The molecule has 1 aliphatic rings. The molecule has 0 unspecified atom stereocenters. The molecule has 168 valence electrons. The summed E-state index contributed by atoms with van der Waals surface area (Å²) < 4.78 is 0. The molecule has 4 heteroatoms. The van der Waals surface area contributed by atoms with E-state index in [0.29, 0.717) is 24.2 Å². The van der Waals surface area contributed by atoms with E-state index in [1.165, 1.54) is 25.7 Å². The minimum Gasteiger partial charge on any atom is -0.311 e. The Hall–Kier alpha value is -0.160. The average Bonchev–Trinajstić information content (AvgIpc) is 2.55. The molecule has 4 N–H and O–H groups in total. The van der Waals surface area contributed by atoms with Gasteiger partial charge in [0, 0.05) is 50.3 Å². The molecule has 0 radical (unpaired) electrons. The van der Waals surface area contributed by atoms with Crippen molar-refractivity contribution in [3.63, 3.8) is 0 Å². The predicted molar refractivity (Wildman–Crippen MR) is 125 cm³/mol. The highest BCUT2D eigenvalue weighted by molar-refractivity contribution is 4.84. The van der Waals surface area contributed by atoms with Crippen LogP contribution in [0, 0.1) is 23.7 Å². The number of nitrogens with one attached hydrogen (secondary N) is 4. The lowest BCUT2D eigenvalue weighted by atomic mass is 9.98. The van der Waals surface area contributed by atoms with Gasteiger partial charge in [0.05, 0.1) is 0 Å². The molecule has 4 atom stereocenters. The van der Waals surface area contributed by atoms with Crippen molar-refractivity contribution in [3.8, 4) is 0 Å². The molecule has 0 spiro atoms. The molecule has 0 saturated carbocycles. The Balaban J connectivity index is 2.85. The first kappa shape index (κ1) is 25.9. The second-order valence-electron chi connectivity index (χ2n) is 10.9. The Kier molecular flexibility index (Phi) is 12.9. The quantitative estimate of drug-likeness (QED) is 0.500. The Labute approximate surface area is 176 Å². The molecule has 1 fully saturated rings. The predicted octanol–water partition coefficient (Wildman–Crippen LogP) is 4.02. The van der Waals surface area contributed by atoms with Crippen LogP contribution < -0.4 is 21.3 Å². The Morgan fingerprint density at radius 2 is 0.607 bits per heavy atom. The molecule has 0 aliphatic carbocycles. The first-order valence-electron chi connectivity index (χ1n) is 12.1. The maximum absolute atomic E-state index is 3.91. The lowest BCUT2D eigenvalue weighted by Crippen LogP contribution is -2.54. The number of hydrogen-bond donors (Lipinski definition) is 4. The summed E-state index contributed by atoms with van der Waals surface area (Å²) in [6.07, 6.45) is 4.94. The molecule has 0 aromatic heterocycles. The van der Waals surface area contributed by atoms with Crippen LogP contribution in [0.1, 0.15) is 81.1 Å². The summed E-state index contributed by atoms with van der Waals surface area (Å²) in [5.41, 5.74) is 0. The topological polar surface area (TPSA) is 48.1 Å². The standard InChI is InChI=1S/C24H52N4/c1-17(2)9-21-13-26-23(11-19(5)6)15-28-24(12-20(7)8)16-27-22(14-25-21)10-18(3)4/h17-28H,9-16H2,1-8H3/t21-,22-,23-,24-/m1/s1. The average molecular weight is 397 g/mol. The molecule has 0 bridgehead atoms.